The van der Waals surface area contributed by atoms with E-state index in [1.165, 1.54) is 12.1 Å². The van der Waals surface area contributed by atoms with E-state index in [0.717, 1.165) is 5.69 Å². The number of nitrogens with two attached hydrogens (primary N) is 2. The first kappa shape index (κ1) is 23.2. The molecule has 1 aromatic heterocycles. The standard InChI is InChI=1S/C19H24N6O6/c20-15-12(17(29)25-19(21)24-15)2-1-9-22-11-5-3-10(4-6-11)16(28)23-13(18(30)31)7-8-14(26)27/h3-6,13,22H,1-2,7-9H2,(H,23,28)(H,26,27)(H,30,31)(H5,20,21,24,25,29). The number of hydrogen-bond acceptors (Lipinski definition) is 8. The van der Waals surface area contributed by atoms with Gasteiger partial charge in [0, 0.05) is 24.2 Å². The molecule has 1 heterocycles. The molecule has 1 atom stereocenters. The molecule has 0 radical (unpaired) electrons. The second-order valence-electron chi connectivity index (χ2n) is 6.72. The van der Waals surface area contributed by atoms with Crippen molar-refractivity contribution in [1.82, 2.24) is 15.3 Å². The number of aliphatic carboxylic acids is 2. The maximum atomic E-state index is 12.2. The summed E-state index contributed by atoms with van der Waals surface area (Å²) in [6.07, 6.45) is 0.400. The summed E-state index contributed by atoms with van der Waals surface area (Å²) in [6, 6.07) is 5.03. The van der Waals surface area contributed by atoms with Gasteiger partial charge in [0.2, 0.25) is 5.95 Å². The summed E-state index contributed by atoms with van der Waals surface area (Å²) >= 11 is 0. The molecule has 31 heavy (non-hydrogen) atoms. The molecule has 9 N–H and O–H groups in total. The van der Waals surface area contributed by atoms with Crippen LogP contribution in [0, 0.1) is 0 Å². The van der Waals surface area contributed by atoms with Crippen LogP contribution < -0.4 is 27.7 Å². The van der Waals surface area contributed by atoms with Gasteiger partial charge >= 0.3 is 11.9 Å². The minimum atomic E-state index is -1.30. The van der Waals surface area contributed by atoms with Crippen LogP contribution in [0.15, 0.2) is 29.1 Å². The molecule has 0 saturated heterocycles. The van der Waals surface area contributed by atoms with Crippen molar-refractivity contribution in [2.75, 3.05) is 23.3 Å². The molecule has 1 aromatic carbocycles. The maximum Gasteiger partial charge on any atom is 0.326 e. The molecule has 166 valence electrons. The van der Waals surface area contributed by atoms with Crippen LogP contribution in [-0.2, 0) is 16.0 Å². The lowest BCUT2D eigenvalue weighted by Gasteiger charge is -2.14. The van der Waals surface area contributed by atoms with Gasteiger partial charge in [-0.05, 0) is 43.5 Å². The van der Waals surface area contributed by atoms with E-state index in [0.29, 0.717) is 24.9 Å². The number of carboxylic acids is 2. The lowest BCUT2D eigenvalue weighted by Crippen LogP contribution is -2.41. The summed E-state index contributed by atoms with van der Waals surface area (Å²) in [5.74, 6) is -3.00. The predicted molar refractivity (Wildman–Crippen MR) is 113 cm³/mol. The van der Waals surface area contributed by atoms with Gasteiger partial charge in [0.05, 0.1) is 5.56 Å². The van der Waals surface area contributed by atoms with Gasteiger partial charge in [0.1, 0.15) is 11.9 Å². The lowest BCUT2D eigenvalue weighted by atomic mass is 10.1. The van der Waals surface area contributed by atoms with Crippen molar-refractivity contribution in [3.8, 4) is 0 Å². The van der Waals surface area contributed by atoms with Crippen molar-refractivity contribution in [3.05, 3.63) is 45.7 Å². The van der Waals surface area contributed by atoms with Gasteiger partial charge in [-0.25, -0.2) is 4.79 Å². The fourth-order valence-electron chi connectivity index (χ4n) is 2.78. The SMILES string of the molecule is Nc1nc(N)c(CCCNc2ccc(C(=O)NC(CCC(=O)O)C(=O)O)cc2)c(=O)[nH]1. The van der Waals surface area contributed by atoms with Gasteiger partial charge in [-0.15, -0.1) is 0 Å². The number of carbonyl (C=O) groups excluding carboxylic acids is 1. The van der Waals surface area contributed by atoms with Crippen molar-refractivity contribution in [2.24, 2.45) is 0 Å². The normalized spacial score (nSPS) is 11.5. The highest BCUT2D eigenvalue weighted by molar-refractivity contribution is 5.96. The van der Waals surface area contributed by atoms with Crippen molar-refractivity contribution in [2.45, 2.75) is 31.7 Å². The molecule has 0 aliphatic carbocycles. The molecule has 0 saturated carbocycles. The number of benzene rings is 1. The van der Waals surface area contributed by atoms with Gasteiger partial charge < -0.3 is 32.3 Å². The summed E-state index contributed by atoms with van der Waals surface area (Å²) in [6.45, 7) is 0.519. The summed E-state index contributed by atoms with van der Waals surface area (Å²) in [4.78, 5) is 52.1. The fourth-order valence-corrected chi connectivity index (χ4v) is 2.78. The van der Waals surface area contributed by atoms with Gasteiger partial charge in [-0.3, -0.25) is 19.4 Å². The number of hydrogen-bond donors (Lipinski definition) is 7. The fraction of sp³-hybridized carbons (Fsp3) is 0.316. The van der Waals surface area contributed by atoms with E-state index in [2.05, 4.69) is 20.6 Å². The zero-order valence-electron chi connectivity index (χ0n) is 16.6. The average molecular weight is 432 g/mol. The van der Waals surface area contributed by atoms with Crippen molar-refractivity contribution >= 4 is 35.3 Å². The molecule has 12 heteroatoms. The molecular formula is C19H24N6O6. The molecule has 0 aliphatic heterocycles. The zero-order valence-corrected chi connectivity index (χ0v) is 16.6. The molecule has 0 fully saturated rings. The molecule has 0 spiro atoms. The average Bonchev–Trinajstić information content (AvgIpc) is 2.69. The smallest absolute Gasteiger partial charge is 0.326 e. The summed E-state index contributed by atoms with van der Waals surface area (Å²) < 4.78 is 0. The molecule has 0 aliphatic rings. The lowest BCUT2D eigenvalue weighted by molar-refractivity contribution is -0.140. The first-order valence-corrected chi connectivity index (χ1v) is 9.41. The van der Waals surface area contributed by atoms with E-state index in [9.17, 15) is 19.2 Å². The second-order valence-corrected chi connectivity index (χ2v) is 6.72. The third-order valence-electron chi connectivity index (χ3n) is 4.40. The Kier molecular flexibility index (Phi) is 7.94. The molecule has 0 bridgehead atoms. The number of rotatable bonds is 11. The van der Waals surface area contributed by atoms with Gasteiger partial charge in [0.25, 0.3) is 11.5 Å². The van der Waals surface area contributed by atoms with Gasteiger partial charge in [-0.1, -0.05) is 0 Å². The van der Waals surface area contributed by atoms with Crippen LogP contribution in [0.25, 0.3) is 0 Å². The molecule has 1 unspecified atom stereocenters. The Bertz CT molecular complexity index is 1000. The first-order chi connectivity index (χ1) is 14.7. The number of aromatic amines is 1. The van der Waals surface area contributed by atoms with Crippen LogP contribution in [0.3, 0.4) is 0 Å². The Balaban J connectivity index is 1.86. The number of nitrogens with one attached hydrogen (secondary N) is 3. The zero-order chi connectivity index (χ0) is 23.0. The number of carbonyl (C=O) groups is 3. The largest absolute Gasteiger partial charge is 0.481 e. The van der Waals surface area contributed by atoms with Crippen LogP contribution in [0.4, 0.5) is 17.5 Å². The van der Waals surface area contributed by atoms with Crippen LogP contribution >= 0.6 is 0 Å². The Hall–Kier alpha value is -4.09. The maximum absolute atomic E-state index is 12.2. The molecule has 2 rings (SSSR count). The van der Waals surface area contributed by atoms with Crippen molar-refractivity contribution < 1.29 is 24.6 Å². The van der Waals surface area contributed by atoms with E-state index in [1.807, 2.05) is 0 Å². The van der Waals surface area contributed by atoms with E-state index in [-0.39, 0.29) is 35.7 Å². The van der Waals surface area contributed by atoms with Crippen molar-refractivity contribution in [3.63, 3.8) is 0 Å². The Morgan fingerprint density at radius 2 is 1.81 bits per heavy atom. The third kappa shape index (κ3) is 7.03. The van der Waals surface area contributed by atoms with E-state index < -0.39 is 23.9 Å². The van der Waals surface area contributed by atoms with Crippen LogP contribution in [0.5, 0.6) is 0 Å². The second kappa shape index (κ2) is 10.6. The third-order valence-corrected chi connectivity index (χ3v) is 4.40. The minimum absolute atomic E-state index is 0.0370. The highest BCUT2D eigenvalue weighted by Crippen LogP contribution is 2.12. The number of aromatic nitrogens is 2. The number of anilines is 3. The Labute approximate surface area is 176 Å². The van der Waals surface area contributed by atoms with Gasteiger partial charge in [0.15, 0.2) is 0 Å². The number of nitrogen functional groups attached to an aromatic ring is 2. The van der Waals surface area contributed by atoms with E-state index in [4.69, 9.17) is 21.7 Å². The van der Waals surface area contributed by atoms with Gasteiger partial charge in [-0.2, -0.15) is 4.98 Å². The number of nitrogens with zero attached hydrogens (tertiary/aromatic N) is 1. The van der Waals surface area contributed by atoms with Crippen LogP contribution in [-0.4, -0.2) is 50.6 Å². The topological polar surface area (TPSA) is 214 Å². The Morgan fingerprint density at radius 1 is 1.13 bits per heavy atom. The first-order valence-electron chi connectivity index (χ1n) is 9.41. The number of H-pyrrole nitrogens is 1. The Morgan fingerprint density at radius 3 is 2.39 bits per heavy atom. The molecular weight excluding hydrogens is 408 g/mol. The number of amides is 1. The van der Waals surface area contributed by atoms with E-state index in [1.54, 1.807) is 12.1 Å². The predicted octanol–water partition coefficient (Wildman–Crippen LogP) is 0.0268. The summed E-state index contributed by atoms with van der Waals surface area (Å²) in [5, 5.41) is 23.2. The molecule has 12 nitrogen and oxygen atoms in total. The quantitative estimate of drug-likeness (QED) is 0.236. The summed E-state index contributed by atoms with van der Waals surface area (Å²) in [5.41, 5.74) is 12.1. The number of carboxylic acid groups (broad SMARTS) is 2. The monoisotopic (exact) mass is 432 g/mol. The van der Waals surface area contributed by atoms with E-state index >= 15 is 0 Å². The molecule has 2 aromatic rings. The van der Waals surface area contributed by atoms with Crippen LogP contribution in [0.1, 0.15) is 35.2 Å². The summed E-state index contributed by atoms with van der Waals surface area (Å²) in [7, 11) is 0. The van der Waals surface area contributed by atoms with Crippen molar-refractivity contribution in [1.29, 1.82) is 0 Å². The minimum Gasteiger partial charge on any atom is -0.481 e. The highest BCUT2D eigenvalue weighted by atomic mass is 16.4. The highest BCUT2D eigenvalue weighted by Gasteiger charge is 2.21. The molecule has 1 amide bonds. The van der Waals surface area contributed by atoms with Crippen LogP contribution in [0.2, 0.25) is 0 Å².